The molecule has 0 unspecified atom stereocenters. The van der Waals surface area contributed by atoms with Gasteiger partial charge in [0.05, 0.1) is 5.75 Å². The Morgan fingerprint density at radius 3 is 2.63 bits per heavy atom. The number of rotatable bonds is 8. The molecule has 0 amide bonds. The highest BCUT2D eigenvalue weighted by Gasteiger charge is 2.18. The monoisotopic (exact) mass is 305 g/mol. The summed E-state index contributed by atoms with van der Waals surface area (Å²) in [6, 6.07) is 7.34. The van der Waals surface area contributed by atoms with Gasteiger partial charge in [0.1, 0.15) is 0 Å². The summed E-state index contributed by atoms with van der Waals surface area (Å²) in [5.74, 6) is 0.388. The molecular formula is C13H20ClNO3S. The maximum Gasteiger partial charge on any atom is 0.218 e. The molecule has 4 nitrogen and oxygen atoms in total. The Morgan fingerprint density at radius 1 is 1.32 bits per heavy atom. The Labute approximate surface area is 120 Å². The van der Waals surface area contributed by atoms with Crippen molar-refractivity contribution in [3.05, 3.63) is 35.4 Å². The van der Waals surface area contributed by atoms with Gasteiger partial charge in [0.25, 0.3) is 0 Å². The summed E-state index contributed by atoms with van der Waals surface area (Å²) in [6.07, 6.45) is 0.688. The molecule has 0 bridgehead atoms. The van der Waals surface area contributed by atoms with Crippen LogP contribution in [0.2, 0.25) is 0 Å². The third-order valence-electron chi connectivity index (χ3n) is 2.79. The van der Waals surface area contributed by atoms with E-state index in [4.69, 9.17) is 16.3 Å². The first-order valence-corrected chi connectivity index (χ1v) is 8.20. The molecule has 0 aliphatic heterocycles. The molecule has 0 heterocycles. The summed E-state index contributed by atoms with van der Waals surface area (Å²) in [5, 5.41) is 0. The Bertz CT molecular complexity index is 490. The van der Waals surface area contributed by atoms with E-state index in [1.165, 1.54) is 4.31 Å². The smallest absolute Gasteiger partial charge is 0.218 e. The third-order valence-corrected chi connectivity index (χ3v) is 4.93. The zero-order valence-electron chi connectivity index (χ0n) is 11.3. The molecule has 0 aliphatic rings. The van der Waals surface area contributed by atoms with Crippen LogP contribution in [0.1, 0.15) is 17.5 Å². The predicted molar refractivity (Wildman–Crippen MR) is 77.7 cm³/mol. The second-order valence-electron chi connectivity index (χ2n) is 4.38. The van der Waals surface area contributed by atoms with E-state index in [0.717, 1.165) is 11.1 Å². The topological polar surface area (TPSA) is 46.6 Å². The van der Waals surface area contributed by atoms with Crippen molar-refractivity contribution >= 4 is 21.6 Å². The number of benzene rings is 1. The van der Waals surface area contributed by atoms with Gasteiger partial charge in [0, 0.05) is 33.2 Å². The molecule has 0 saturated carbocycles. The van der Waals surface area contributed by atoms with E-state index >= 15 is 0 Å². The van der Waals surface area contributed by atoms with Crippen molar-refractivity contribution < 1.29 is 13.2 Å². The number of sulfonamides is 1. The number of halogens is 1. The van der Waals surface area contributed by atoms with Gasteiger partial charge in [-0.25, -0.2) is 12.7 Å². The van der Waals surface area contributed by atoms with E-state index in [9.17, 15) is 8.42 Å². The Balaban J connectivity index is 2.67. The fourth-order valence-corrected chi connectivity index (χ4v) is 3.09. The van der Waals surface area contributed by atoms with Crippen LogP contribution in [-0.2, 0) is 26.4 Å². The fraction of sp³-hybridized carbons (Fsp3) is 0.538. The first-order valence-electron chi connectivity index (χ1n) is 6.06. The molecule has 1 aromatic rings. The lowest BCUT2D eigenvalue weighted by Gasteiger charge is -2.17. The minimum absolute atomic E-state index is 0.00120. The fourth-order valence-electron chi connectivity index (χ4n) is 1.69. The molecule has 0 N–H and O–H groups in total. The van der Waals surface area contributed by atoms with E-state index in [1.54, 1.807) is 20.2 Å². The standard InChI is InChI=1S/C13H20ClNO3S/c1-15(7-4-8-18-2)19(16,17)11-13-6-3-5-12(9-13)10-14/h3,5-6,9H,4,7-8,10-11H2,1-2H3. The minimum atomic E-state index is -3.28. The number of nitrogens with zero attached hydrogens (tertiary/aromatic N) is 1. The highest BCUT2D eigenvalue weighted by molar-refractivity contribution is 7.88. The first-order chi connectivity index (χ1) is 8.99. The molecule has 0 fully saturated rings. The van der Waals surface area contributed by atoms with E-state index in [0.29, 0.717) is 25.5 Å². The number of methoxy groups -OCH3 is 1. The predicted octanol–water partition coefficient (Wildman–Crippen LogP) is 2.22. The van der Waals surface area contributed by atoms with Crippen LogP contribution in [0.25, 0.3) is 0 Å². The van der Waals surface area contributed by atoms with E-state index in [-0.39, 0.29) is 5.75 Å². The van der Waals surface area contributed by atoms with Gasteiger partial charge in [0.15, 0.2) is 0 Å². The van der Waals surface area contributed by atoms with Crippen LogP contribution in [0.3, 0.4) is 0 Å². The maximum atomic E-state index is 12.1. The minimum Gasteiger partial charge on any atom is -0.385 e. The summed E-state index contributed by atoms with van der Waals surface area (Å²) in [5.41, 5.74) is 1.69. The summed E-state index contributed by atoms with van der Waals surface area (Å²) in [4.78, 5) is 0. The van der Waals surface area contributed by atoms with Crippen LogP contribution >= 0.6 is 11.6 Å². The Morgan fingerprint density at radius 2 is 2.00 bits per heavy atom. The number of hydrogen-bond donors (Lipinski definition) is 0. The van der Waals surface area contributed by atoms with Gasteiger partial charge < -0.3 is 4.74 Å². The van der Waals surface area contributed by atoms with Crippen LogP contribution in [0, 0.1) is 0 Å². The summed E-state index contributed by atoms with van der Waals surface area (Å²) < 4.78 is 30.6. The van der Waals surface area contributed by atoms with Gasteiger partial charge in [-0.05, 0) is 17.5 Å². The van der Waals surface area contributed by atoms with E-state index in [2.05, 4.69) is 0 Å². The lowest BCUT2D eigenvalue weighted by Crippen LogP contribution is -2.29. The largest absolute Gasteiger partial charge is 0.385 e. The summed E-state index contributed by atoms with van der Waals surface area (Å²) >= 11 is 5.74. The van der Waals surface area contributed by atoms with Gasteiger partial charge in [-0.2, -0.15) is 0 Å². The van der Waals surface area contributed by atoms with Gasteiger partial charge >= 0.3 is 0 Å². The first kappa shape index (κ1) is 16.4. The Kier molecular flexibility index (Phi) is 6.79. The molecule has 0 aliphatic carbocycles. The van der Waals surface area contributed by atoms with Crippen LogP contribution < -0.4 is 0 Å². The molecule has 6 heteroatoms. The summed E-state index contributed by atoms with van der Waals surface area (Å²) in [6.45, 7) is 1.02. The van der Waals surface area contributed by atoms with Gasteiger partial charge in [-0.1, -0.05) is 24.3 Å². The third kappa shape index (κ3) is 5.48. The molecular weight excluding hydrogens is 286 g/mol. The van der Waals surface area contributed by atoms with E-state index < -0.39 is 10.0 Å². The van der Waals surface area contributed by atoms with Gasteiger partial charge in [-0.15, -0.1) is 11.6 Å². The molecule has 19 heavy (non-hydrogen) atoms. The van der Waals surface area contributed by atoms with Crippen LogP contribution in [0.15, 0.2) is 24.3 Å². The normalized spacial score (nSPS) is 12.0. The van der Waals surface area contributed by atoms with Gasteiger partial charge in [0.2, 0.25) is 10.0 Å². The van der Waals surface area contributed by atoms with Crippen LogP contribution in [-0.4, -0.2) is 40.0 Å². The molecule has 0 spiro atoms. The number of ether oxygens (including phenoxy) is 1. The van der Waals surface area contributed by atoms with Crippen molar-refractivity contribution in [2.45, 2.75) is 18.1 Å². The highest BCUT2D eigenvalue weighted by Crippen LogP contribution is 2.13. The van der Waals surface area contributed by atoms with Crippen molar-refractivity contribution in [3.8, 4) is 0 Å². The molecule has 1 aromatic carbocycles. The zero-order valence-corrected chi connectivity index (χ0v) is 12.9. The van der Waals surface area contributed by atoms with Crippen molar-refractivity contribution in [1.82, 2.24) is 4.31 Å². The van der Waals surface area contributed by atoms with Crippen molar-refractivity contribution in [2.75, 3.05) is 27.3 Å². The van der Waals surface area contributed by atoms with Crippen LogP contribution in [0.4, 0.5) is 0 Å². The van der Waals surface area contributed by atoms with Gasteiger partial charge in [-0.3, -0.25) is 0 Å². The maximum absolute atomic E-state index is 12.1. The second-order valence-corrected chi connectivity index (χ2v) is 6.72. The second kappa shape index (κ2) is 7.85. The van der Waals surface area contributed by atoms with E-state index in [1.807, 2.05) is 18.2 Å². The van der Waals surface area contributed by atoms with Crippen LogP contribution in [0.5, 0.6) is 0 Å². The molecule has 108 valence electrons. The molecule has 0 aromatic heterocycles. The summed E-state index contributed by atoms with van der Waals surface area (Å²) in [7, 11) is -0.0871. The molecule has 1 rings (SSSR count). The quantitative estimate of drug-likeness (QED) is 0.546. The number of alkyl halides is 1. The molecule has 0 saturated heterocycles. The van der Waals surface area contributed by atoms with Crippen molar-refractivity contribution in [3.63, 3.8) is 0 Å². The number of hydrogen-bond acceptors (Lipinski definition) is 3. The van der Waals surface area contributed by atoms with Crippen molar-refractivity contribution in [2.24, 2.45) is 0 Å². The van der Waals surface area contributed by atoms with Crippen molar-refractivity contribution in [1.29, 1.82) is 0 Å². The average Bonchev–Trinajstić information content (AvgIpc) is 2.38. The SMILES string of the molecule is COCCCN(C)S(=O)(=O)Cc1cccc(CCl)c1. The zero-order chi connectivity index (χ0) is 14.3. The average molecular weight is 306 g/mol. The lowest BCUT2D eigenvalue weighted by atomic mass is 10.2. The molecule has 0 radical (unpaired) electrons. The Hall–Kier alpha value is -0.620. The lowest BCUT2D eigenvalue weighted by molar-refractivity contribution is 0.189. The highest BCUT2D eigenvalue weighted by atomic mass is 35.5. The molecule has 0 atom stereocenters.